The van der Waals surface area contributed by atoms with Crippen molar-refractivity contribution >= 4 is 0 Å². The van der Waals surface area contributed by atoms with Crippen LogP contribution in [-0.2, 0) is 0 Å². The van der Waals surface area contributed by atoms with Crippen molar-refractivity contribution < 1.29 is 0 Å². The standard InChI is InChI=1S/C13H16N2/c1-10-9-15-7-6-13(10)12-4-2-11(8-14)3-5-12/h2-5,10,13,15H,6-7,9H2,1H3. The van der Waals surface area contributed by atoms with Gasteiger partial charge in [0.25, 0.3) is 0 Å². The number of hydrogen-bond acceptors (Lipinski definition) is 2. The number of rotatable bonds is 1. The lowest BCUT2D eigenvalue weighted by atomic mass is 9.82. The molecule has 2 unspecified atom stereocenters. The van der Waals surface area contributed by atoms with Crippen molar-refractivity contribution in [3.63, 3.8) is 0 Å². The van der Waals surface area contributed by atoms with Gasteiger partial charge in [-0.25, -0.2) is 0 Å². The Morgan fingerprint density at radius 1 is 1.33 bits per heavy atom. The van der Waals surface area contributed by atoms with E-state index in [0.29, 0.717) is 11.8 Å². The molecule has 0 amide bonds. The Kier molecular flexibility index (Phi) is 3.03. The average Bonchev–Trinajstić information content (AvgIpc) is 2.30. The highest BCUT2D eigenvalue weighted by Gasteiger charge is 2.22. The van der Waals surface area contributed by atoms with Crippen LogP contribution in [0.1, 0.15) is 30.4 Å². The number of nitrogens with one attached hydrogen (secondary N) is 1. The first kappa shape index (κ1) is 10.2. The Hall–Kier alpha value is -1.33. The van der Waals surface area contributed by atoms with E-state index in [0.717, 1.165) is 18.7 Å². The van der Waals surface area contributed by atoms with Crippen molar-refractivity contribution in [3.05, 3.63) is 35.4 Å². The minimum atomic E-state index is 0.652. The molecule has 0 aliphatic carbocycles. The highest BCUT2D eigenvalue weighted by atomic mass is 14.9. The normalized spacial score (nSPS) is 25.9. The third kappa shape index (κ3) is 2.19. The van der Waals surface area contributed by atoms with Crippen LogP contribution in [0.25, 0.3) is 0 Å². The summed E-state index contributed by atoms with van der Waals surface area (Å²) in [5, 5.41) is 12.1. The van der Waals surface area contributed by atoms with Crippen LogP contribution in [0.2, 0.25) is 0 Å². The summed E-state index contributed by atoms with van der Waals surface area (Å²) < 4.78 is 0. The molecule has 2 atom stereocenters. The maximum Gasteiger partial charge on any atom is 0.0991 e. The zero-order valence-electron chi connectivity index (χ0n) is 9.03. The van der Waals surface area contributed by atoms with E-state index < -0.39 is 0 Å². The van der Waals surface area contributed by atoms with Crippen molar-refractivity contribution in [1.29, 1.82) is 5.26 Å². The molecule has 0 radical (unpaired) electrons. The number of hydrogen-bond donors (Lipinski definition) is 1. The summed E-state index contributed by atoms with van der Waals surface area (Å²) in [5.41, 5.74) is 2.13. The molecule has 0 aromatic heterocycles. The van der Waals surface area contributed by atoms with E-state index in [1.807, 2.05) is 12.1 Å². The van der Waals surface area contributed by atoms with E-state index in [2.05, 4.69) is 30.4 Å². The van der Waals surface area contributed by atoms with Gasteiger partial charge in [0.2, 0.25) is 0 Å². The molecular weight excluding hydrogens is 184 g/mol. The summed E-state index contributed by atoms with van der Waals surface area (Å²) in [6.45, 7) is 4.49. The molecule has 1 aromatic rings. The molecule has 0 saturated carbocycles. The van der Waals surface area contributed by atoms with Crippen LogP contribution < -0.4 is 5.32 Å². The molecule has 0 bridgehead atoms. The van der Waals surface area contributed by atoms with E-state index >= 15 is 0 Å². The second kappa shape index (κ2) is 4.46. The van der Waals surface area contributed by atoms with Crippen LogP contribution in [0.3, 0.4) is 0 Å². The zero-order valence-corrected chi connectivity index (χ0v) is 9.03. The molecule has 15 heavy (non-hydrogen) atoms. The summed E-state index contributed by atoms with van der Waals surface area (Å²) in [6.07, 6.45) is 1.20. The number of nitrogens with zero attached hydrogens (tertiary/aromatic N) is 1. The number of benzene rings is 1. The lowest BCUT2D eigenvalue weighted by molar-refractivity contribution is 0.349. The summed E-state index contributed by atoms with van der Waals surface area (Å²) >= 11 is 0. The van der Waals surface area contributed by atoms with Crippen molar-refractivity contribution in [3.8, 4) is 6.07 Å². The average molecular weight is 200 g/mol. The van der Waals surface area contributed by atoms with Gasteiger partial charge in [-0.2, -0.15) is 5.26 Å². The van der Waals surface area contributed by atoms with E-state index in [4.69, 9.17) is 5.26 Å². The second-order valence-corrected chi connectivity index (χ2v) is 4.31. The molecule has 1 saturated heterocycles. The first-order valence-electron chi connectivity index (χ1n) is 5.52. The topological polar surface area (TPSA) is 35.8 Å². The molecule has 1 aliphatic heterocycles. The minimum absolute atomic E-state index is 0.652. The highest BCUT2D eigenvalue weighted by molar-refractivity contribution is 5.33. The Balaban J connectivity index is 2.18. The van der Waals surface area contributed by atoms with Gasteiger partial charge in [-0.3, -0.25) is 0 Å². The third-order valence-corrected chi connectivity index (χ3v) is 3.25. The lowest BCUT2D eigenvalue weighted by Crippen LogP contribution is -2.33. The summed E-state index contributed by atoms with van der Waals surface area (Å²) in [7, 11) is 0. The fraction of sp³-hybridized carbons (Fsp3) is 0.462. The van der Waals surface area contributed by atoms with Crippen LogP contribution in [0.5, 0.6) is 0 Å². The molecule has 2 nitrogen and oxygen atoms in total. The molecule has 2 heteroatoms. The molecule has 1 aliphatic rings. The van der Waals surface area contributed by atoms with Gasteiger partial charge >= 0.3 is 0 Å². The maximum absolute atomic E-state index is 8.73. The number of nitriles is 1. The Morgan fingerprint density at radius 3 is 2.67 bits per heavy atom. The van der Waals surface area contributed by atoms with Crippen LogP contribution in [-0.4, -0.2) is 13.1 Å². The summed E-state index contributed by atoms with van der Waals surface area (Å²) in [6, 6.07) is 10.2. The Morgan fingerprint density at radius 2 is 2.07 bits per heavy atom. The van der Waals surface area contributed by atoms with Gasteiger partial charge in [-0.15, -0.1) is 0 Å². The van der Waals surface area contributed by atoms with E-state index in [-0.39, 0.29) is 0 Å². The van der Waals surface area contributed by atoms with Crippen molar-refractivity contribution in [1.82, 2.24) is 5.32 Å². The molecule has 1 aromatic carbocycles. The predicted octanol–water partition coefficient (Wildman–Crippen LogP) is 2.27. The van der Waals surface area contributed by atoms with Gasteiger partial charge in [0.05, 0.1) is 11.6 Å². The van der Waals surface area contributed by atoms with Gasteiger partial charge in [-0.1, -0.05) is 19.1 Å². The fourth-order valence-electron chi connectivity index (χ4n) is 2.31. The summed E-state index contributed by atoms with van der Waals surface area (Å²) in [5.74, 6) is 1.34. The van der Waals surface area contributed by atoms with Gasteiger partial charge < -0.3 is 5.32 Å². The van der Waals surface area contributed by atoms with Crippen LogP contribution in [0.15, 0.2) is 24.3 Å². The first-order chi connectivity index (χ1) is 7.31. The van der Waals surface area contributed by atoms with Crippen LogP contribution >= 0.6 is 0 Å². The molecule has 1 N–H and O–H groups in total. The predicted molar refractivity (Wildman–Crippen MR) is 60.5 cm³/mol. The molecule has 2 rings (SSSR count). The lowest BCUT2D eigenvalue weighted by Gasteiger charge is -2.29. The van der Waals surface area contributed by atoms with Gasteiger partial charge in [0.1, 0.15) is 0 Å². The monoisotopic (exact) mass is 200 g/mol. The maximum atomic E-state index is 8.73. The quantitative estimate of drug-likeness (QED) is 0.755. The smallest absolute Gasteiger partial charge is 0.0991 e. The summed E-state index contributed by atoms with van der Waals surface area (Å²) in [4.78, 5) is 0. The zero-order chi connectivity index (χ0) is 10.7. The Labute approximate surface area is 90.9 Å². The number of piperidine rings is 1. The Bertz CT molecular complexity index is 361. The van der Waals surface area contributed by atoms with Gasteiger partial charge in [0.15, 0.2) is 0 Å². The van der Waals surface area contributed by atoms with Crippen LogP contribution in [0.4, 0.5) is 0 Å². The van der Waals surface area contributed by atoms with Crippen molar-refractivity contribution in [2.45, 2.75) is 19.3 Å². The minimum Gasteiger partial charge on any atom is -0.316 e. The van der Waals surface area contributed by atoms with E-state index in [9.17, 15) is 0 Å². The van der Waals surface area contributed by atoms with Crippen molar-refractivity contribution in [2.75, 3.05) is 13.1 Å². The second-order valence-electron chi connectivity index (χ2n) is 4.31. The van der Waals surface area contributed by atoms with Crippen molar-refractivity contribution in [2.24, 2.45) is 5.92 Å². The van der Waals surface area contributed by atoms with E-state index in [1.54, 1.807) is 0 Å². The third-order valence-electron chi connectivity index (χ3n) is 3.25. The highest BCUT2D eigenvalue weighted by Crippen LogP contribution is 2.29. The first-order valence-corrected chi connectivity index (χ1v) is 5.52. The SMILES string of the molecule is CC1CNCCC1c1ccc(C#N)cc1. The fourth-order valence-corrected chi connectivity index (χ4v) is 2.31. The largest absolute Gasteiger partial charge is 0.316 e. The molecular formula is C13H16N2. The molecule has 1 fully saturated rings. The van der Waals surface area contributed by atoms with E-state index in [1.165, 1.54) is 12.0 Å². The molecule has 0 spiro atoms. The van der Waals surface area contributed by atoms with Crippen LogP contribution in [0, 0.1) is 17.2 Å². The van der Waals surface area contributed by atoms with Gasteiger partial charge in [-0.05, 0) is 49.0 Å². The molecule has 78 valence electrons. The van der Waals surface area contributed by atoms with Gasteiger partial charge in [0, 0.05) is 0 Å². The molecule has 1 heterocycles.